The molecule has 1 aromatic carbocycles. The Morgan fingerprint density at radius 1 is 1.26 bits per heavy atom. The molecule has 1 heterocycles. The van der Waals surface area contributed by atoms with E-state index in [0.717, 1.165) is 0 Å². The van der Waals surface area contributed by atoms with E-state index in [0.29, 0.717) is 11.3 Å². The number of ether oxygens (including phenoxy) is 1. The lowest BCUT2D eigenvalue weighted by Gasteiger charge is -2.20. The molecule has 1 N–H and O–H groups in total. The second-order valence-electron chi connectivity index (χ2n) is 4.98. The predicted octanol–water partition coefficient (Wildman–Crippen LogP) is 2.10. The number of aromatic nitrogens is 2. The van der Waals surface area contributed by atoms with Crippen molar-refractivity contribution in [2.24, 2.45) is 0 Å². The Labute approximate surface area is 130 Å². The first-order valence-corrected chi connectivity index (χ1v) is 6.69. The largest absolute Gasteiger partial charge is 0.497 e. The number of methoxy groups -OCH3 is 1. The van der Waals surface area contributed by atoms with Crippen LogP contribution >= 0.6 is 0 Å². The van der Waals surface area contributed by atoms with Crippen LogP contribution in [0.2, 0.25) is 0 Å². The van der Waals surface area contributed by atoms with Crippen LogP contribution in [0, 0.1) is 0 Å². The molecule has 0 aliphatic heterocycles. The molecular formula is C14H16F3N3O3. The summed E-state index contributed by atoms with van der Waals surface area (Å²) in [7, 11) is 2.97. The number of aliphatic hydroxyl groups excluding tert-OH is 1. The fourth-order valence-electron chi connectivity index (χ4n) is 1.86. The second-order valence-corrected chi connectivity index (χ2v) is 4.98. The van der Waals surface area contributed by atoms with Crippen molar-refractivity contribution in [3.63, 3.8) is 0 Å². The first kappa shape index (κ1) is 17.2. The lowest BCUT2D eigenvalue weighted by atomic mass is 10.2. The van der Waals surface area contributed by atoms with Crippen molar-refractivity contribution < 1.29 is 27.4 Å². The van der Waals surface area contributed by atoms with Crippen LogP contribution < -0.4 is 4.74 Å². The van der Waals surface area contributed by atoms with Crippen molar-refractivity contribution >= 4 is 0 Å². The molecule has 0 spiro atoms. The van der Waals surface area contributed by atoms with E-state index in [4.69, 9.17) is 14.3 Å². The Kier molecular flexibility index (Phi) is 5.22. The van der Waals surface area contributed by atoms with Crippen molar-refractivity contribution in [2.75, 3.05) is 20.7 Å². The molecule has 1 aromatic heterocycles. The molecule has 9 heteroatoms. The van der Waals surface area contributed by atoms with E-state index in [2.05, 4.69) is 10.2 Å². The molecule has 0 saturated carbocycles. The maximum Gasteiger partial charge on any atom is 0.415 e. The lowest BCUT2D eigenvalue weighted by Crippen LogP contribution is -2.39. The van der Waals surface area contributed by atoms with E-state index in [1.165, 1.54) is 11.9 Å². The Morgan fingerprint density at radius 2 is 1.91 bits per heavy atom. The number of halogens is 3. The third-order valence-electron chi connectivity index (χ3n) is 3.07. The maximum absolute atomic E-state index is 12.3. The molecule has 1 atom stereocenters. The Bertz CT molecular complexity index is 628. The first-order chi connectivity index (χ1) is 10.8. The highest BCUT2D eigenvalue weighted by molar-refractivity contribution is 5.53. The van der Waals surface area contributed by atoms with Crippen molar-refractivity contribution in [3.05, 3.63) is 30.2 Å². The molecule has 6 nitrogen and oxygen atoms in total. The number of likely N-dealkylation sites (N-methyl/N-ethyl adjacent to an activating group) is 1. The van der Waals surface area contributed by atoms with Gasteiger partial charge in [0, 0.05) is 12.1 Å². The standard InChI is InChI=1S/C14H16F3N3O3/c1-20(7-11(21)14(15,16)17)8-12-18-19-13(23-12)9-3-5-10(22-2)6-4-9/h3-6,11,21H,7-8H2,1-2H3. The van der Waals surface area contributed by atoms with Gasteiger partial charge in [-0.25, -0.2) is 0 Å². The SMILES string of the molecule is COc1ccc(-c2nnc(CN(C)CC(O)C(F)(F)F)o2)cc1. The van der Waals surface area contributed by atoms with E-state index in [1.807, 2.05) is 0 Å². The highest BCUT2D eigenvalue weighted by Gasteiger charge is 2.38. The highest BCUT2D eigenvalue weighted by Crippen LogP contribution is 2.23. The molecule has 0 aliphatic carbocycles. The smallest absolute Gasteiger partial charge is 0.415 e. The number of rotatable bonds is 6. The Balaban J connectivity index is 1.98. The summed E-state index contributed by atoms with van der Waals surface area (Å²) >= 11 is 0. The summed E-state index contributed by atoms with van der Waals surface area (Å²) in [5.41, 5.74) is 0.669. The van der Waals surface area contributed by atoms with Gasteiger partial charge in [0.1, 0.15) is 5.75 Å². The minimum absolute atomic E-state index is 0.00368. The normalized spacial score (nSPS) is 13.3. The Hall–Kier alpha value is -2.13. The van der Waals surface area contributed by atoms with Gasteiger partial charge in [-0.3, -0.25) is 4.90 Å². The molecule has 0 fully saturated rings. The second kappa shape index (κ2) is 6.97. The van der Waals surface area contributed by atoms with Crippen LogP contribution in [0.15, 0.2) is 28.7 Å². The van der Waals surface area contributed by atoms with Crippen molar-refractivity contribution in [3.8, 4) is 17.2 Å². The lowest BCUT2D eigenvalue weighted by molar-refractivity contribution is -0.207. The average Bonchev–Trinajstić information content (AvgIpc) is 2.94. The number of alkyl halides is 3. The molecular weight excluding hydrogens is 315 g/mol. The minimum atomic E-state index is -4.66. The van der Waals surface area contributed by atoms with Crippen LogP contribution in [-0.2, 0) is 6.54 Å². The molecule has 2 aromatic rings. The molecule has 0 aliphatic rings. The maximum atomic E-state index is 12.3. The van der Waals surface area contributed by atoms with Gasteiger partial charge in [0.15, 0.2) is 6.10 Å². The number of hydrogen-bond donors (Lipinski definition) is 1. The molecule has 0 amide bonds. The van der Waals surface area contributed by atoms with E-state index >= 15 is 0 Å². The van der Waals surface area contributed by atoms with Crippen molar-refractivity contribution in [1.29, 1.82) is 0 Å². The summed E-state index contributed by atoms with van der Waals surface area (Å²) in [5.74, 6) is 1.09. The summed E-state index contributed by atoms with van der Waals surface area (Å²) in [5, 5.41) is 16.7. The third kappa shape index (κ3) is 4.67. The van der Waals surface area contributed by atoms with Crippen LogP contribution in [-0.4, -0.2) is 53.2 Å². The van der Waals surface area contributed by atoms with Gasteiger partial charge in [0.05, 0.1) is 13.7 Å². The van der Waals surface area contributed by atoms with E-state index in [-0.39, 0.29) is 18.3 Å². The highest BCUT2D eigenvalue weighted by atomic mass is 19.4. The van der Waals surface area contributed by atoms with Gasteiger partial charge in [-0.05, 0) is 31.3 Å². The van der Waals surface area contributed by atoms with Crippen molar-refractivity contribution in [1.82, 2.24) is 15.1 Å². The first-order valence-electron chi connectivity index (χ1n) is 6.69. The fraction of sp³-hybridized carbons (Fsp3) is 0.429. The van der Waals surface area contributed by atoms with Crippen LogP contribution in [0.25, 0.3) is 11.5 Å². The monoisotopic (exact) mass is 331 g/mol. The summed E-state index contributed by atoms with van der Waals surface area (Å²) in [6.07, 6.45) is -7.08. The molecule has 23 heavy (non-hydrogen) atoms. The topological polar surface area (TPSA) is 71.6 Å². The van der Waals surface area contributed by atoms with Crippen molar-refractivity contribution in [2.45, 2.75) is 18.8 Å². The van der Waals surface area contributed by atoms with Crippen LogP contribution in [0.5, 0.6) is 5.75 Å². The summed E-state index contributed by atoms with van der Waals surface area (Å²) in [4.78, 5) is 1.25. The quantitative estimate of drug-likeness (QED) is 0.874. The average molecular weight is 331 g/mol. The predicted molar refractivity (Wildman–Crippen MR) is 74.7 cm³/mol. The zero-order valence-electron chi connectivity index (χ0n) is 12.5. The number of nitrogens with zero attached hydrogens (tertiary/aromatic N) is 3. The van der Waals surface area contributed by atoms with Gasteiger partial charge < -0.3 is 14.3 Å². The fourth-order valence-corrected chi connectivity index (χ4v) is 1.86. The molecule has 0 radical (unpaired) electrons. The van der Waals surface area contributed by atoms with Gasteiger partial charge in [0.2, 0.25) is 11.8 Å². The van der Waals surface area contributed by atoms with Crippen LogP contribution in [0.1, 0.15) is 5.89 Å². The third-order valence-corrected chi connectivity index (χ3v) is 3.07. The van der Waals surface area contributed by atoms with Gasteiger partial charge in [0.25, 0.3) is 0 Å². The summed E-state index contributed by atoms with van der Waals surface area (Å²) in [6, 6.07) is 6.91. The summed E-state index contributed by atoms with van der Waals surface area (Å²) in [6.45, 7) is -0.583. The van der Waals surface area contributed by atoms with Gasteiger partial charge in [-0.15, -0.1) is 10.2 Å². The number of benzene rings is 1. The Morgan fingerprint density at radius 3 is 2.48 bits per heavy atom. The molecule has 1 unspecified atom stereocenters. The van der Waals surface area contributed by atoms with E-state index in [1.54, 1.807) is 31.4 Å². The van der Waals surface area contributed by atoms with Gasteiger partial charge >= 0.3 is 6.18 Å². The summed E-state index contributed by atoms with van der Waals surface area (Å²) < 4.78 is 47.3. The van der Waals surface area contributed by atoms with Gasteiger partial charge in [-0.2, -0.15) is 13.2 Å². The molecule has 126 valence electrons. The van der Waals surface area contributed by atoms with E-state index < -0.39 is 18.8 Å². The zero-order chi connectivity index (χ0) is 17.0. The van der Waals surface area contributed by atoms with Crippen LogP contribution in [0.3, 0.4) is 0 Å². The number of aliphatic hydroxyl groups is 1. The molecule has 0 bridgehead atoms. The number of hydrogen-bond acceptors (Lipinski definition) is 6. The minimum Gasteiger partial charge on any atom is -0.497 e. The molecule has 0 saturated heterocycles. The van der Waals surface area contributed by atoms with E-state index in [9.17, 15) is 13.2 Å². The molecule has 2 rings (SSSR count). The van der Waals surface area contributed by atoms with Crippen LogP contribution in [0.4, 0.5) is 13.2 Å². The zero-order valence-corrected chi connectivity index (χ0v) is 12.5. The van der Waals surface area contributed by atoms with Gasteiger partial charge in [-0.1, -0.05) is 0 Å².